The van der Waals surface area contributed by atoms with E-state index in [0.717, 1.165) is 37.4 Å². The first-order valence-corrected chi connectivity index (χ1v) is 8.75. The minimum Gasteiger partial charge on any atom is -0.459 e. The van der Waals surface area contributed by atoms with Crippen LogP contribution in [-0.4, -0.2) is 53.4 Å². The highest BCUT2D eigenvalue weighted by atomic mass is 16.6. The summed E-state index contributed by atoms with van der Waals surface area (Å²) in [6.45, 7) is 6.43. The molecule has 1 atom stereocenters. The first-order valence-electron chi connectivity index (χ1n) is 8.75. The molecule has 0 bridgehead atoms. The molecule has 0 amide bonds. The van der Waals surface area contributed by atoms with Gasteiger partial charge < -0.3 is 20.3 Å². The maximum atomic E-state index is 11.9. The molecule has 25 heavy (non-hydrogen) atoms. The third kappa shape index (κ3) is 5.70. The average Bonchev–Trinajstić information content (AvgIpc) is 3.14. The molecule has 2 aliphatic rings. The number of ether oxygens (including phenoxy) is 1. The first kappa shape index (κ1) is 19.2. The lowest BCUT2D eigenvalue weighted by Gasteiger charge is -2.23. The van der Waals surface area contributed by atoms with Crippen LogP contribution in [0.1, 0.15) is 46.5 Å². The van der Waals surface area contributed by atoms with E-state index in [1.54, 1.807) is 12.4 Å². The summed E-state index contributed by atoms with van der Waals surface area (Å²) < 4.78 is 5.30. The molecule has 0 aromatic heterocycles. The number of nitrogens with two attached hydrogens (primary N) is 1. The molecule has 0 fully saturated rings. The fraction of sp³-hybridized carbons (Fsp3) is 0.611. The Labute approximate surface area is 149 Å². The molecule has 7 nitrogen and oxygen atoms in total. The second-order valence-corrected chi connectivity index (χ2v) is 7.30. The molecule has 2 aliphatic heterocycles. The van der Waals surface area contributed by atoms with Crippen molar-refractivity contribution in [2.75, 3.05) is 13.6 Å². The molecule has 2 heterocycles. The third-order valence-electron chi connectivity index (χ3n) is 3.86. The number of rotatable bonds is 7. The first-order chi connectivity index (χ1) is 11.8. The SMILES string of the molecule is CN1C=CN(CCCCCC(N)C(=O)OC(C)(C)C)C1=C1N=CC=N1. The second-order valence-electron chi connectivity index (χ2n) is 7.30. The van der Waals surface area contributed by atoms with E-state index in [4.69, 9.17) is 10.5 Å². The molecule has 0 spiro atoms. The van der Waals surface area contributed by atoms with Crippen LogP contribution in [0.15, 0.2) is 34.0 Å². The van der Waals surface area contributed by atoms with E-state index in [1.165, 1.54) is 0 Å². The van der Waals surface area contributed by atoms with Crippen molar-refractivity contribution in [1.82, 2.24) is 9.80 Å². The number of hydrogen-bond acceptors (Lipinski definition) is 7. The summed E-state index contributed by atoms with van der Waals surface area (Å²) in [6, 6.07) is -0.545. The van der Waals surface area contributed by atoms with Gasteiger partial charge in [0.05, 0.1) is 0 Å². The van der Waals surface area contributed by atoms with Gasteiger partial charge in [-0.25, -0.2) is 9.98 Å². The van der Waals surface area contributed by atoms with Crippen molar-refractivity contribution >= 4 is 18.4 Å². The lowest BCUT2D eigenvalue weighted by Crippen LogP contribution is -2.37. The zero-order valence-corrected chi connectivity index (χ0v) is 15.6. The van der Waals surface area contributed by atoms with Gasteiger partial charge in [-0.2, -0.15) is 0 Å². The fourth-order valence-electron chi connectivity index (χ4n) is 2.67. The van der Waals surface area contributed by atoms with E-state index >= 15 is 0 Å². The van der Waals surface area contributed by atoms with Crippen LogP contribution in [0.25, 0.3) is 0 Å². The summed E-state index contributed by atoms with van der Waals surface area (Å²) in [5.74, 6) is 1.41. The smallest absolute Gasteiger partial charge is 0.323 e. The Bertz CT molecular complexity index is 587. The molecule has 0 aromatic rings. The number of nitrogens with zero attached hydrogens (tertiary/aromatic N) is 4. The van der Waals surface area contributed by atoms with Gasteiger partial charge in [-0.05, 0) is 33.6 Å². The summed E-state index contributed by atoms with van der Waals surface area (Å²) in [7, 11) is 1.99. The molecule has 138 valence electrons. The maximum Gasteiger partial charge on any atom is 0.323 e. The lowest BCUT2D eigenvalue weighted by atomic mass is 10.1. The summed E-state index contributed by atoms with van der Waals surface area (Å²) in [5.41, 5.74) is 5.42. The molecular weight excluding hydrogens is 318 g/mol. The number of carbonyl (C=O) groups is 1. The van der Waals surface area contributed by atoms with Crippen LogP contribution >= 0.6 is 0 Å². The summed E-state index contributed by atoms with van der Waals surface area (Å²) >= 11 is 0. The quantitative estimate of drug-likeness (QED) is 0.564. The topological polar surface area (TPSA) is 83.5 Å². The van der Waals surface area contributed by atoms with Crippen molar-refractivity contribution in [2.24, 2.45) is 15.7 Å². The predicted octanol–water partition coefficient (Wildman–Crippen LogP) is 2.22. The molecule has 0 radical (unpaired) electrons. The van der Waals surface area contributed by atoms with Gasteiger partial charge in [-0.3, -0.25) is 4.79 Å². The normalized spacial score (nSPS) is 17.8. The van der Waals surface area contributed by atoms with Gasteiger partial charge in [0, 0.05) is 38.4 Å². The van der Waals surface area contributed by atoms with Crippen molar-refractivity contribution in [1.29, 1.82) is 0 Å². The fourth-order valence-corrected chi connectivity index (χ4v) is 2.67. The van der Waals surface area contributed by atoms with Crippen LogP contribution in [-0.2, 0) is 9.53 Å². The van der Waals surface area contributed by atoms with Crippen LogP contribution < -0.4 is 5.73 Å². The second kappa shape index (κ2) is 8.29. The van der Waals surface area contributed by atoms with E-state index in [1.807, 2.05) is 45.1 Å². The predicted molar refractivity (Wildman–Crippen MR) is 99.9 cm³/mol. The highest BCUT2D eigenvalue weighted by molar-refractivity contribution is 6.18. The monoisotopic (exact) mass is 347 g/mol. The number of hydrogen-bond donors (Lipinski definition) is 1. The molecule has 2 N–H and O–H groups in total. The van der Waals surface area contributed by atoms with E-state index in [9.17, 15) is 4.79 Å². The Morgan fingerprint density at radius 2 is 1.88 bits per heavy atom. The van der Waals surface area contributed by atoms with E-state index < -0.39 is 11.6 Å². The molecular formula is C18H29N5O2. The van der Waals surface area contributed by atoms with E-state index in [2.05, 4.69) is 14.9 Å². The molecule has 0 aliphatic carbocycles. The van der Waals surface area contributed by atoms with Crippen LogP contribution in [0, 0.1) is 0 Å². The van der Waals surface area contributed by atoms with Crippen molar-refractivity contribution in [3.63, 3.8) is 0 Å². The average molecular weight is 347 g/mol. The van der Waals surface area contributed by atoms with Gasteiger partial charge in [0.2, 0.25) is 0 Å². The largest absolute Gasteiger partial charge is 0.459 e. The zero-order chi connectivity index (χ0) is 18.4. The van der Waals surface area contributed by atoms with Gasteiger partial charge in [-0.1, -0.05) is 12.8 Å². The number of esters is 1. The third-order valence-corrected chi connectivity index (χ3v) is 3.86. The summed E-state index contributed by atoms with van der Waals surface area (Å²) in [5, 5.41) is 0. The lowest BCUT2D eigenvalue weighted by molar-refractivity contribution is -0.156. The minimum atomic E-state index is -0.545. The number of unbranched alkanes of at least 4 members (excludes halogenated alkanes) is 2. The van der Waals surface area contributed by atoms with Gasteiger partial charge in [0.15, 0.2) is 11.6 Å². The van der Waals surface area contributed by atoms with Gasteiger partial charge in [-0.15, -0.1) is 0 Å². The Morgan fingerprint density at radius 3 is 2.52 bits per heavy atom. The van der Waals surface area contributed by atoms with Gasteiger partial charge in [0.1, 0.15) is 11.6 Å². The summed E-state index contributed by atoms with van der Waals surface area (Å²) in [4.78, 5) is 24.6. The van der Waals surface area contributed by atoms with Crippen molar-refractivity contribution in [3.8, 4) is 0 Å². The van der Waals surface area contributed by atoms with Gasteiger partial charge >= 0.3 is 5.97 Å². The highest BCUT2D eigenvalue weighted by Crippen LogP contribution is 2.24. The van der Waals surface area contributed by atoms with Crippen molar-refractivity contribution in [2.45, 2.75) is 58.1 Å². The Balaban J connectivity index is 1.70. The Morgan fingerprint density at radius 1 is 1.20 bits per heavy atom. The van der Waals surface area contributed by atoms with Crippen LogP contribution in [0.2, 0.25) is 0 Å². The molecule has 1 unspecified atom stereocenters. The van der Waals surface area contributed by atoms with Crippen molar-refractivity contribution in [3.05, 3.63) is 24.0 Å². The van der Waals surface area contributed by atoms with Crippen LogP contribution in [0.3, 0.4) is 0 Å². The Kier molecular flexibility index (Phi) is 6.36. The minimum absolute atomic E-state index is 0.319. The molecule has 0 aromatic carbocycles. The number of aliphatic imine (C=N–C) groups is 2. The molecule has 7 heteroatoms. The molecule has 2 rings (SSSR count). The van der Waals surface area contributed by atoms with Crippen LogP contribution in [0.4, 0.5) is 0 Å². The van der Waals surface area contributed by atoms with E-state index in [0.29, 0.717) is 6.42 Å². The molecule has 0 saturated heterocycles. The standard InChI is InChI=1S/C18H29N5O2/c1-18(2,3)25-17(24)14(19)8-6-5-7-11-23-13-12-22(4)16(23)15-20-9-10-21-15/h9-10,12-14H,5-8,11,19H2,1-4H3. The number of carbonyl (C=O) groups excluding carboxylic acids is 1. The highest BCUT2D eigenvalue weighted by Gasteiger charge is 2.23. The summed E-state index contributed by atoms with van der Waals surface area (Å²) in [6.07, 6.45) is 11.0. The zero-order valence-electron chi connectivity index (χ0n) is 15.6. The maximum absolute atomic E-state index is 11.9. The van der Waals surface area contributed by atoms with Gasteiger partial charge in [0.25, 0.3) is 0 Å². The van der Waals surface area contributed by atoms with Crippen LogP contribution in [0.5, 0.6) is 0 Å². The Hall–Kier alpha value is -2.15. The van der Waals surface area contributed by atoms with Crippen molar-refractivity contribution < 1.29 is 9.53 Å². The molecule has 0 saturated carbocycles. The van der Waals surface area contributed by atoms with E-state index in [-0.39, 0.29) is 5.97 Å².